The molecule has 1 heterocycles. The van der Waals surface area contributed by atoms with Gasteiger partial charge in [-0.1, -0.05) is 55.5 Å². The molecule has 12 heteroatoms. The number of amides is 2. The lowest BCUT2D eigenvalue weighted by atomic mass is 10.0. The molecule has 2 aromatic carbocycles. The van der Waals surface area contributed by atoms with Crippen molar-refractivity contribution in [3.63, 3.8) is 0 Å². The fraction of sp³-hybridized carbons (Fsp3) is 0.320. The lowest BCUT2D eigenvalue weighted by molar-refractivity contribution is -0.123. The van der Waals surface area contributed by atoms with Gasteiger partial charge in [0, 0.05) is 11.3 Å². The Morgan fingerprint density at radius 2 is 1.70 bits per heavy atom. The molecule has 3 N–H and O–H groups in total. The maximum atomic E-state index is 13.5. The molecule has 0 saturated carbocycles. The summed E-state index contributed by atoms with van der Waals surface area (Å²) in [6.07, 6.45) is 0.0473. The molecule has 2 atom stereocenters. The van der Waals surface area contributed by atoms with Gasteiger partial charge in [0.05, 0.1) is 31.1 Å². The van der Waals surface area contributed by atoms with E-state index < -0.39 is 34.4 Å². The van der Waals surface area contributed by atoms with Crippen LogP contribution in [0.5, 0.6) is 0 Å². The first-order valence-corrected chi connectivity index (χ1v) is 13.8. The van der Waals surface area contributed by atoms with Gasteiger partial charge in [-0.15, -0.1) is 11.3 Å². The molecule has 198 valence electrons. The van der Waals surface area contributed by atoms with Gasteiger partial charge in [0.1, 0.15) is 11.0 Å². The minimum Gasteiger partial charge on any atom is -0.453 e. The molecule has 10 nitrogen and oxygen atoms in total. The molecule has 3 aromatic rings. The molecule has 0 aliphatic heterocycles. The fourth-order valence-electron chi connectivity index (χ4n) is 3.74. The molecule has 2 amide bonds. The summed E-state index contributed by atoms with van der Waals surface area (Å²) in [4.78, 5) is 31.0. The zero-order valence-electron chi connectivity index (χ0n) is 20.7. The maximum Gasteiger partial charge on any atom is 0.407 e. The Labute approximate surface area is 220 Å². The molecule has 0 saturated heterocycles. The standard InChI is InChI=1S/C25H30N4O6S2/c1-4-20-17(2)36-24(27-20)22(16-29(37(32,33)34)19-13-9-6-10-14-19)26-23(30)21(28-25(31)35-3)15-18-11-7-5-8-12-18/h5-14,21-22H,4,15-16H2,1-3H3,(H,26,30)(H,28,31)(H,32,33,34)/t21-,22-/m0/s1. The second-order valence-corrected chi connectivity index (χ2v) is 10.8. The van der Waals surface area contributed by atoms with Gasteiger partial charge in [-0.05, 0) is 31.0 Å². The van der Waals surface area contributed by atoms with Crippen molar-refractivity contribution in [2.24, 2.45) is 0 Å². The largest absolute Gasteiger partial charge is 0.453 e. The van der Waals surface area contributed by atoms with Gasteiger partial charge in [0.15, 0.2) is 0 Å². The first-order valence-electron chi connectivity index (χ1n) is 11.6. The van der Waals surface area contributed by atoms with Crippen LogP contribution in [0.2, 0.25) is 0 Å². The van der Waals surface area contributed by atoms with Gasteiger partial charge in [-0.2, -0.15) is 8.42 Å². The highest BCUT2D eigenvalue weighted by atomic mass is 32.2. The van der Waals surface area contributed by atoms with Crippen LogP contribution in [0, 0.1) is 6.92 Å². The average molecular weight is 547 g/mol. The number of hydrogen-bond donors (Lipinski definition) is 3. The van der Waals surface area contributed by atoms with Crippen molar-refractivity contribution in [2.45, 2.75) is 38.8 Å². The minimum absolute atomic E-state index is 0.173. The Hall–Kier alpha value is -3.48. The number of para-hydroxylation sites is 1. The molecule has 0 radical (unpaired) electrons. The van der Waals surface area contributed by atoms with Crippen molar-refractivity contribution >= 4 is 39.3 Å². The molecular weight excluding hydrogens is 516 g/mol. The van der Waals surface area contributed by atoms with E-state index in [9.17, 15) is 22.6 Å². The number of ether oxygens (including phenoxy) is 1. The van der Waals surface area contributed by atoms with Crippen LogP contribution in [0.25, 0.3) is 0 Å². The Morgan fingerprint density at radius 3 is 2.24 bits per heavy atom. The van der Waals surface area contributed by atoms with Crippen LogP contribution in [0.1, 0.15) is 34.1 Å². The molecule has 0 bridgehead atoms. The monoisotopic (exact) mass is 546 g/mol. The van der Waals surface area contributed by atoms with E-state index in [2.05, 4.69) is 15.6 Å². The maximum absolute atomic E-state index is 13.5. The second-order valence-electron chi connectivity index (χ2n) is 8.19. The summed E-state index contributed by atoms with van der Waals surface area (Å²) in [5.41, 5.74) is 1.85. The van der Waals surface area contributed by atoms with Crippen molar-refractivity contribution in [1.29, 1.82) is 0 Å². The normalized spacial score (nSPS) is 12.9. The van der Waals surface area contributed by atoms with Crippen molar-refractivity contribution in [3.8, 4) is 0 Å². The SMILES string of the molecule is CCc1nc([C@H](CN(c2ccccc2)S(=O)(=O)O)NC(=O)[C@H](Cc2ccccc2)NC(=O)OC)sc1C. The number of carbonyl (C=O) groups excluding carboxylic acids is 2. The summed E-state index contributed by atoms with van der Waals surface area (Å²) < 4.78 is 40.2. The number of methoxy groups -OCH3 is 1. The molecule has 37 heavy (non-hydrogen) atoms. The molecule has 0 fully saturated rings. The van der Waals surface area contributed by atoms with Crippen LogP contribution in [-0.4, -0.2) is 49.7 Å². The fourth-order valence-corrected chi connectivity index (χ4v) is 5.52. The zero-order valence-corrected chi connectivity index (χ0v) is 22.4. The van der Waals surface area contributed by atoms with Crippen LogP contribution in [0.15, 0.2) is 60.7 Å². The Bertz CT molecular complexity index is 1300. The smallest absolute Gasteiger partial charge is 0.407 e. The summed E-state index contributed by atoms with van der Waals surface area (Å²) in [5.74, 6) is -0.562. The number of anilines is 1. The third-order valence-corrected chi connectivity index (χ3v) is 7.65. The van der Waals surface area contributed by atoms with Gasteiger partial charge >= 0.3 is 16.4 Å². The van der Waals surface area contributed by atoms with E-state index >= 15 is 0 Å². The van der Waals surface area contributed by atoms with Crippen LogP contribution < -0.4 is 14.9 Å². The highest BCUT2D eigenvalue weighted by molar-refractivity contribution is 7.87. The molecule has 0 aliphatic rings. The molecule has 0 aliphatic carbocycles. The number of aromatic nitrogens is 1. The third kappa shape index (κ3) is 7.75. The van der Waals surface area contributed by atoms with E-state index in [4.69, 9.17) is 4.74 Å². The molecule has 0 spiro atoms. The molecule has 1 aromatic heterocycles. The Balaban J connectivity index is 1.96. The second kappa shape index (κ2) is 12.7. The van der Waals surface area contributed by atoms with Crippen molar-refractivity contribution in [3.05, 3.63) is 81.8 Å². The number of benzene rings is 2. The summed E-state index contributed by atoms with van der Waals surface area (Å²) >= 11 is 1.33. The van der Waals surface area contributed by atoms with Gasteiger partial charge in [-0.25, -0.2) is 14.1 Å². The number of alkyl carbamates (subject to hydrolysis) is 1. The molecular formula is C25H30N4O6S2. The average Bonchev–Trinajstić information content (AvgIpc) is 3.26. The van der Waals surface area contributed by atoms with E-state index in [0.717, 1.165) is 20.4 Å². The highest BCUT2D eigenvalue weighted by Crippen LogP contribution is 2.27. The summed E-state index contributed by atoms with van der Waals surface area (Å²) in [6.45, 7) is 3.53. The van der Waals surface area contributed by atoms with Gasteiger partial charge in [-0.3, -0.25) is 9.35 Å². The number of nitrogens with zero attached hydrogens (tertiary/aromatic N) is 2. The van der Waals surface area contributed by atoms with E-state index in [1.54, 1.807) is 18.2 Å². The van der Waals surface area contributed by atoms with E-state index in [1.807, 2.05) is 44.2 Å². The van der Waals surface area contributed by atoms with E-state index in [0.29, 0.717) is 11.4 Å². The van der Waals surface area contributed by atoms with Gasteiger partial charge in [0.25, 0.3) is 0 Å². The highest BCUT2D eigenvalue weighted by Gasteiger charge is 2.31. The van der Waals surface area contributed by atoms with Crippen LogP contribution in [0.3, 0.4) is 0 Å². The number of aryl methyl sites for hydroxylation is 2. The van der Waals surface area contributed by atoms with Crippen LogP contribution in [0.4, 0.5) is 10.5 Å². The van der Waals surface area contributed by atoms with Crippen molar-refractivity contribution < 1.29 is 27.3 Å². The predicted molar refractivity (Wildman–Crippen MR) is 142 cm³/mol. The predicted octanol–water partition coefficient (Wildman–Crippen LogP) is 3.45. The third-order valence-electron chi connectivity index (χ3n) is 5.61. The number of carbonyl (C=O) groups is 2. The molecule has 3 rings (SSSR count). The number of thiazole rings is 1. The number of rotatable bonds is 11. The van der Waals surface area contributed by atoms with Gasteiger partial charge in [0.2, 0.25) is 5.91 Å². The van der Waals surface area contributed by atoms with Gasteiger partial charge < -0.3 is 15.4 Å². The molecule has 0 unspecified atom stereocenters. The lowest BCUT2D eigenvalue weighted by Gasteiger charge is -2.27. The quantitative estimate of drug-likeness (QED) is 0.313. The van der Waals surface area contributed by atoms with E-state index in [1.165, 1.54) is 30.6 Å². The van der Waals surface area contributed by atoms with Crippen LogP contribution >= 0.6 is 11.3 Å². The Morgan fingerprint density at radius 1 is 1.08 bits per heavy atom. The first kappa shape index (κ1) is 28.1. The Kier molecular flexibility index (Phi) is 9.61. The van der Waals surface area contributed by atoms with Crippen LogP contribution in [-0.2, 0) is 32.7 Å². The summed E-state index contributed by atoms with van der Waals surface area (Å²) in [7, 11) is -3.49. The van der Waals surface area contributed by atoms with Crippen molar-refractivity contribution in [1.82, 2.24) is 15.6 Å². The lowest BCUT2D eigenvalue weighted by Crippen LogP contribution is -2.50. The van der Waals surface area contributed by atoms with Crippen molar-refractivity contribution in [2.75, 3.05) is 18.0 Å². The number of hydrogen-bond acceptors (Lipinski definition) is 7. The topological polar surface area (TPSA) is 138 Å². The number of nitrogens with one attached hydrogen (secondary N) is 2. The first-order chi connectivity index (χ1) is 17.6. The summed E-state index contributed by atoms with van der Waals surface area (Å²) in [5, 5.41) is 5.86. The van der Waals surface area contributed by atoms with E-state index in [-0.39, 0.29) is 18.7 Å². The zero-order chi connectivity index (χ0) is 27.0. The minimum atomic E-state index is -4.69. The summed E-state index contributed by atoms with van der Waals surface area (Å²) in [6, 6.07) is 15.3.